The van der Waals surface area contributed by atoms with E-state index < -0.39 is 21.5 Å². The molecule has 1 unspecified atom stereocenters. The molecule has 1 aromatic heterocycles. The molecule has 1 aromatic rings. The van der Waals surface area contributed by atoms with E-state index in [4.69, 9.17) is 4.52 Å². The van der Waals surface area contributed by atoms with E-state index in [1.165, 1.54) is 0 Å². The zero-order valence-electron chi connectivity index (χ0n) is 12.9. The number of carbonyl (C=O) groups is 1. The van der Waals surface area contributed by atoms with Crippen molar-refractivity contribution in [1.82, 2.24) is 10.5 Å². The van der Waals surface area contributed by atoms with Gasteiger partial charge in [0, 0.05) is 12.1 Å². The van der Waals surface area contributed by atoms with Gasteiger partial charge in [0.15, 0.2) is 15.6 Å². The van der Waals surface area contributed by atoms with Crippen molar-refractivity contribution in [3.05, 3.63) is 17.5 Å². The van der Waals surface area contributed by atoms with Gasteiger partial charge in [-0.15, -0.1) is 0 Å². The summed E-state index contributed by atoms with van der Waals surface area (Å²) in [6.45, 7) is 5.71. The molecule has 0 fully saturated rings. The number of unbranched alkanes of at least 4 members (excludes halogenated alkanes) is 2. The Morgan fingerprint density at radius 3 is 2.71 bits per heavy atom. The summed E-state index contributed by atoms with van der Waals surface area (Å²) in [4.78, 5) is 11.8. The van der Waals surface area contributed by atoms with Gasteiger partial charge in [-0.05, 0) is 20.3 Å². The quantitative estimate of drug-likeness (QED) is 0.704. The first-order valence-electron chi connectivity index (χ1n) is 7.24. The maximum Gasteiger partial charge on any atom is 0.235 e. The fraction of sp³-hybridized carbons (Fsp3) is 0.714. The molecule has 0 aliphatic carbocycles. The molecular formula is C14H24N2O4S. The van der Waals surface area contributed by atoms with Crippen LogP contribution in [0.15, 0.2) is 10.6 Å². The van der Waals surface area contributed by atoms with Crippen LogP contribution in [0.5, 0.6) is 0 Å². The molecule has 1 amide bonds. The Kier molecular flexibility index (Phi) is 6.87. The zero-order valence-corrected chi connectivity index (χ0v) is 13.7. The minimum absolute atomic E-state index is 0.00762. The second-order valence-corrected chi connectivity index (χ2v) is 7.50. The Morgan fingerprint density at radius 1 is 1.43 bits per heavy atom. The van der Waals surface area contributed by atoms with Crippen molar-refractivity contribution >= 4 is 15.7 Å². The first-order valence-corrected chi connectivity index (χ1v) is 9.06. The molecule has 0 saturated heterocycles. The number of aromatic nitrogens is 1. The van der Waals surface area contributed by atoms with E-state index in [9.17, 15) is 13.2 Å². The molecule has 0 aliphatic rings. The monoisotopic (exact) mass is 316 g/mol. The highest BCUT2D eigenvalue weighted by Gasteiger charge is 2.20. The molecule has 1 heterocycles. The van der Waals surface area contributed by atoms with Crippen molar-refractivity contribution in [3.8, 4) is 0 Å². The lowest BCUT2D eigenvalue weighted by Gasteiger charge is -2.13. The molecule has 1 rings (SSSR count). The minimum Gasteiger partial charge on any atom is -0.360 e. The van der Waals surface area contributed by atoms with Crippen molar-refractivity contribution in [1.29, 1.82) is 0 Å². The molecule has 21 heavy (non-hydrogen) atoms. The maximum absolute atomic E-state index is 11.9. The van der Waals surface area contributed by atoms with Crippen molar-refractivity contribution in [2.24, 2.45) is 0 Å². The zero-order chi connectivity index (χ0) is 15.9. The van der Waals surface area contributed by atoms with Gasteiger partial charge in [0.05, 0.1) is 5.69 Å². The van der Waals surface area contributed by atoms with Crippen LogP contribution in [0.25, 0.3) is 0 Å². The van der Waals surface area contributed by atoms with Gasteiger partial charge in [-0.3, -0.25) is 4.79 Å². The van der Waals surface area contributed by atoms with Crippen LogP contribution in [0.4, 0.5) is 0 Å². The molecule has 120 valence electrons. The van der Waals surface area contributed by atoms with E-state index in [1.54, 1.807) is 13.0 Å². The van der Waals surface area contributed by atoms with Gasteiger partial charge >= 0.3 is 0 Å². The Balaban J connectivity index is 2.41. The lowest BCUT2D eigenvalue weighted by atomic mass is 10.1. The van der Waals surface area contributed by atoms with Crippen LogP contribution >= 0.6 is 0 Å². The van der Waals surface area contributed by atoms with E-state index >= 15 is 0 Å². The third-order valence-electron chi connectivity index (χ3n) is 3.04. The van der Waals surface area contributed by atoms with Gasteiger partial charge < -0.3 is 9.84 Å². The van der Waals surface area contributed by atoms with Gasteiger partial charge in [0.2, 0.25) is 5.91 Å². The Morgan fingerprint density at radius 2 is 2.14 bits per heavy atom. The number of carbonyl (C=O) groups excluding carboxylic acids is 1. The molecule has 0 aliphatic heterocycles. The normalized spacial score (nSPS) is 13.1. The molecular weight excluding hydrogens is 292 g/mol. The molecule has 0 spiro atoms. The van der Waals surface area contributed by atoms with Crippen LogP contribution < -0.4 is 5.32 Å². The number of hydrogen-bond acceptors (Lipinski definition) is 5. The van der Waals surface area contributed by atoms with E-state index in [0.29, 0.717) is 5.69 Å². The Hall–Kier alpha value is -1.37. The first kappa shape index (κ1) is 17.7. The lowest BCUT2D eigenvalue weighted by Crippen LogP contribution is -2.37. The molecule has 0 saturated carbocycles. The summed E-state index contributed by atoms with van der Waals surface area (Å²) in [6.07, 6.45) is 4.12. The van der Waals surface area contributed by atoms with E-state index in [0.717, 1.165) is 25.7 Å². The van der Waals surface area contributed by atoms with Crippen LogP contribution in [0, 0.1) is 6.92 Å². The summed E-state index contributed by atoms with van der Waals surface area (Å²) in [5.41, 5.74) is 0.620. The van der Waals surface area contributed by atoms with Crippen LogP contribution in [0.1, 0.15) is 51.0 Å². The van der Waals surface area contributed by atoms with Crippen molar-refractivity contribution in [3.63, 3.8) is 0 Å². The molecule has 7 heteroatoms. The van der Waals surface area contributed by atoms with Gasteiger partial charge in [-0.2, -0.15) is 0 Å². The van der Waals surface area contributed by atoms with Crippen LogP contribution in [-0.2, 0) is 20.4 Å². The largest absolute Gasteiger partial charge is 0.360 e. The van der Waals surface area contributed by atoms with Crippen molar-refractivity contribution in [2.45, 2.75) is 58.2 Å². The number of nitrogens with zero attached hydrogens (tertiary/aromatic N) is 1. The molecule has 1 N–H and O–H groups in total. The van der Waals surface area contributed by atoms with Crippen molar-refractivity contribution < 1.29 is 17.7 Å². The van der Waals surface area contributed by atoms with E-state index in [2.05, 4.69) is 17.4 Å². The number of aryl methyl sites for hydroxylation is 1. The lowest BCUT2D eigenvalue weighted by molar-refractivity contribution is -0.119. The SMILES string of the molecule is CCCCCC(C)NC(=O)CS(=O)(=O)Cc1cc(C)no1. The summed E-state index contributed by atoms with van der Waals surface area (Å²) in [5.74, 6) is -1.03. The predicted molar refractivity (Wildman–Crippen MR) is 80.5 cm³/mol. The first-order chi connectivity index (χ1) is 9.82. The van der Waals surface area contributed by atoms with Crippen molar-refractivity contribution in [2.75, 3.05) is 5.75 Å². The molecule has 0 aromatic carbocycles. The third kappa shape index (κ3) is 7.27. The highest BCUT2D eigenvalue weighted by atomic mass is 32.2. The van der Waals surface area contributed by atoms with E-state index in [1.807, 2.05) is 6.92 Å². The van der Waals surface area contributed by atoms with Crippen LogP contribution in [0.3, 0.4) is 0 Å². The highest BCUT2D eigenvalue weighted by Crippen LogP contribution is 2.08. The van der Waals surface area contributed by atoms with Gasteiger partial charge in [-0.25, -0.2) is 8.42 Å². The van der Waals surface area contributed by atoms with Gasteiger partial charge in [-0.1, -0.05) is 31.3 Å². The smallest absolute Gasteiger partial charge is 0.235 e. The highest BCUT2D eigenvalue weighted by molar-refractivity contribution is 7.91. The molecule has 6 nitrogen and oxygen atoms in total. The summed E-state index contributed by atoms with van der Waals surface area (Å²) >= 11 is 0. The standard InChI is InChI=1S/C14H24N2O4S/c1-4-5-6-7-11(2)15-14(17)10-21(18,19)9-13-8-12(3)16-20-13/h8,11H,4-7,9-10H2,1-3H3,(H,15,17). The number of nitrogens with one attached hydrogen (secondary N) is 1. The summed E-state index contributed by atoms with van der Waals surface area (Å²) in [5, 5.41) is 6.35. The Bertz CT molecular complexity index is 551. The minimum atomic E-state index is -3.54. The summed E-state index contributed by atoms with van der Waals surface area (Å²) in [7, 11) is -3.54. The van der Waals surface area contributed by atoms with Gasteiger partial charge in [0.1, 0.15) is 11.5 Å². The fourth-order valence-corrected chi connectivity index (χ4v) is 3.20. The molecule has 0 bridgehead atoms. The van der Waals surface area contributed by atoms with E-state index in [-0.39, 0.29) is 17.6 Å². The average Bonchev–Trinajstić information content (AvgIpc) is 2.72. The van der Waals surface area contributed by atoms with Crippen LogP contribution in [-0.4, -0.2) is 31.3 Å². The average molecular weight is 316 g/mol. The fourth-order valence-electron chi connectivity index (χ4n) is 2.04. The number of hydrogen-bond donors (Lipinski definition) is 1. The number of amides is 1. The Labute approximate surface area is 126 Å². The predicted octanol–water partition coefficient (Wildman–Crippen LogP) is 1.98. The number of rotatable bonds is 9. The molecule has 0 radical (unpaired) electrons. The summed E-state index contributed by atoms with van der Waals surface area (Å²) in [6, 6.07) is 1.55. The topological polar surface area (TPSA) is 89.3 Å². The second kappa shape index (κ2) is 8.17. The second-order valence-electron chi connectivity index (χ2n) is 5.43. The third-order valence-corrected chi connectivity index (χ3v) is 4.46. The summed E-state index contributed by atoms with van der Waals surface area (Å²) < 4.78 is 28.7. The van der Waals surface area contributed by atoms with Crippen LogP contribution in [0.2, 0.25) is 0 Å². The molecule has 1 atom stereocenters. The van der Waals surface area contributed by atoms with Gasteiger partial charge in [0.25, 0.3) is 0 Å². The maximum atomic E-state index is 11.9. The number of sulfone groups is 1.